The molecule has 0 aliphatic heterocycles. The minimum Gasteiger partial charge on any atom is -0.465 e. The first-order valence-electron chi connectivity index (χ1n) is 5.28. The number of nitrogens with zero attached hydrogens (tertiary/aromatic N) is 2. The minimum absolute atomic E-state index is 0.134. The second-order valence-electron chi connectivity index (χ2n) is 3.88. The number of carbonyl (C=O) groups is 1. The average molecular weight is 329 g/mol. The van der Waals surface area contributed by atoms with Crippen LogP contribution in [0.4, 0.5) is 5.69 Å². The van der Waals surface area contributed by atoms with Gasteiger partial charge in [0.05, 0.1) is 23.2 Å². The quantitative estimate of drug-likeness (QED) is 0.482. The topological polar surface area (TPSA) is 72.7 Å². The van der Waals surface area contributed by atoms with E-state index < -0.39 is 10.9 Å². The molecule has 0 amide bonds. The Kier molecular flexibility index (Phi) is 5.05. The predicted octanol–water partition coefficient (Wildman–Crippen LogP) is 2.68. The maximum absolute atomic E-state index is 11.8. The summed E-state index contributed by atoms with van der Waals surface area (Å²) < 4.78 is 5.11. The molecule has 0 radical (unpaired) electrons. The predicted molar refractivity (Wildman–Crippen MR) is 74.9 cm³/mol. The Labute approximate surface area is 118 Å². The number of esters is 1. The van der Waals surface area contributed by atoms with E-state index in [1.165, 1.54) is 25.3 Å². The minimum atomic E-state index is -0.631. The Morgan fingerprint density at radius 1 is 1.47 bits per heavy atom. The summed E-state index contributed by atoms with van der Waals surface area (Å²) in [6.45, 7) is 0. The molecule has 0 aliphatic carbocycles. The summed E-state index contributed by atoms with van der Waals surface area (Å²) in [7, 11) is 4.78. The molecule has 0 saturated carbocycles. The van der Waals surface area contributed by atoms with Crippen molar-refractivity contribution in [2.24, 2.45) is 0 Å². The Hall–Kier alpha value is -1.89. The van der Waals surface area contributed by atoms with Gasteiger partial charge in [0.25, 0.3) is 5.69 Å². The van der Waals surface area contributed by atoms with E-state index in [0.717, 1.165) is 0 Å². The summed E-state index contributed by atoms with van der Waals surface area (Å²) in [6.07, 6.45) is 3.14. The molecule has 0 aromatic heterocycles. The van der Waals surface area contributed by atoms with Crippen molar-refractivity contribution in [2.75, 3.05) is 21.2 Å². The second-order valence-corrected chi connectivity index (χ2v) is 4.74. The van der Waals surface area contributed by atoms with Gasteiger partial charge in [0.2, 0.25) is 0 Å². The van der Waals surface area contributed by atoms with E-state index in [0.29, 0.717) is 4.47 Å². The Bertz CT molecular complexity index is 541. The first-order valence-corrected chi connectivity index (χ1v) is 6.07. The molecule has 0 unspecified atom stereocenters. The molecule has 0 atom stereocenters. The molecule has 102 valence electrons. The molecule has 1 aromatic rings. The van der Waals surface area contributed by atoms with Gasteiger partial charge in [-0.05, 0) is 34.3 Å². The number of hydrogen-bond donors (Lipinski definition) is 0. The number of halogens is 1. The third-order valence-electron chi connectivity index (χ3n) is 2.30. The number of benzene rings is 1. The van der Waals surface area contributed by atoms with Crippen molar-refractivity contribution in [3.63, 3.8) is 0 Å². The largest absolute Gasteiger partial charge is 0.465 e. The molecule has 0 heterocycles. The highest BCUT2D eigenvalue weighted by Gasteiger charge is 2.23. The molecule has 0 fully saturated rings. The van der Waals surface area contributed by atoms with Gasteiger partial charge in [-0.15, -0.1) is 0 Å². The summed E-state index contributed by atoms with van der Waals surface area (Å²) in [4.78, 5) is 24.0. The summed E-state index contributed by atoms with van der Waals surface area (Å²) in [5.41, 5.74) is 0.191. The van der Waals surface area contributed by atoms with Crippen molar-refractivity contribution in [1.82, 2.24) is 4.90 Å². The van der Waals surface area contributed by atoms with Gasteiger partial charge >= 0.3 is 5.97 Å². The highest BCUT2D eigenvalue weighted by atomic mass is 79.9. The van der Waals surface area contributed by atoms with Crippen molar-refractivity contribution in [3.05, 3.63) is 44.0 Å². The van der Waals surface area contributed by atoms with E-state index in [1.807, 2.05) is 0 Å². The van der Waals surface area contributed by atoms with Crippen LogP contribution in [-0.4, -0.2) is 37.0 Å². The monoisotopic (exact) mass is 328 g/mol. The van der Waals surface area contributed by atoms with Crippen LogP contribution in [0.1, 0.15) is 15.9 Å². The maximum atomic E-state index is 11.8. The lowest BCUT2D eigenvalue weighted by Gasteiger charge is -2.09. The summed E-state index contributed by atoms with van der Waals surface area (Å²) >= 11 is 3.21. The van der Waals surface area contributed by atoms with Crippen molar-refractivity contribution >= 4 is 33.7 Å². The van der Waals surface area contributed by atoms with Gasteiger partial charge in [-0.1, -0.05) is 0 Å². The third kappa shape index (κ3) is 3.54. The van der Waals surface area contributed by atoms with Gasteiger partial charge in [0.1, 0.15) is 0 Å². The molecule has 0 N–H and O–H groups in total. The van der Waals surface area contributed by atoms with Gasteiger partial charge in [0.15, 0.2) is 0 Å². The van der Waals surface area contributed by atoms with Crippen molar-refractivity contribution in [2.45, 2.75) is 0 Å². The van der Waals surface area contributed by atoms with Crippen LogP contribution in [0.3, 0.4) is 0 Å². The molecule has 6 nitrogen and oxygen atoms in total. The van der Waals surface area contributed by atoms with Crippen molar-refractivity contribution in [1.29, 1.82) is 0 Å². The normalized spacial score (nSPS) is 10.5. The fraction of sp³-hybridized carbons (Fsp3) is 0.250. The number of methoxy groups -OCH3 is 1. The molecule has 1 rings (SSSR count). The second kappa shape index (κ2) is 6.33. The lowest BCUT2D eigenvalue weighted by Crippen LogP contribution is -2.08. The van der Waals surface area contributed by atoms with Crippen molar-refractivity contribution < 1.29 is 14.5 Å². The van der Waals surface area contributed by atoms with Crippen LogP contribution in [0.15, 0.2) is 22.8 Å². The van der Waals surface area contributed by atoms with Gasteiger partial charge in [-0.2, -0.15) is 0 Å². The number of ether oxygens (including phenoxy) is 1. The third-order valence-corrected chi connectivity index (χ3v) is 2.96. The smallest absolute Gasteiger partial charge is 0.339 e. The molecule has 0 spiro atoms. The van der Waals surface area contributed by atoms with Gasteiger partial charge in [-0.3, -0.25) is 10.1 Å². The van der Waals surface area contributed by atoms with E-state index in [2.05, 4.69) is 20.7 Å². The van der Waals surface area contributed by atoms with Gasteiger partial charge in [-0.25, -0.2) is 4.79 Å². The zero-order chi connectivity index (χ0) is 14.6. The number of nitro benzene ring substituents is 1. The fourth-order valence-corrected chi connectivity index (χ4v) is 1.95. The molecular formula is C12H13BrN2O4. The average Bonchev–Trinajstić information content (AvgIpc) is 2.34. The standard InChI is InChI=1S/C12H13BrN2O4/c1-14(2)7-6-8-10(15(17)18)5-4-9(13)11(8)12(16)19-3/h4-7H,1-3H3/b7-6+. The summed E-state index contributed by atoms with van der Waals surface area (Å²) in [6, 6.07) is 2.79. The maximum Gasteiger partial charge on any atom is 0.339 e. The van der Waals surface area contributed by atoms with Crippen LogP contribution in [-0.2, 0) is 4.74 Å². The SMILES string of the molecule is COC(=O)c1c(Br)ccc([N+](=O)[O-])c1/C=C/N(C)C. The Morgan fingerprint density at radius 2 is 2.11 bits per heavy atom. The molecule has 0 bridgehead atoms. The Balaban J connectivity index is 3.54. The van der Waals surface area contributed by atoms with Crippen LogP contribution < -0.4 is 0 Å². The summed E-state index contributed by atoms with van der Waals surface area (Å²) in [5.74, 6) is -0.631. The first-order chi connectivity index (χ1) is 8.88. The molecule has 7 heteroatoms. The lowest BCUT2D eigenvalue weighted by molar-refractivity contribution is -0.385. The van der Waals surface area contributed by atoms with E-state index in [4.69, 9.17) is 0 Å². The van der Waals surface area contributed by atoms with Crippen LogP contribution in [0.5, 0.6) is 0 Å². The summed E-state index contributed by atoms with van der Waals surface area (Å²) in [5, 5.41) is 11.0. The zero-order valence-corrected chi connectivity index (χ0v) is 12.3. The molecule has 0 saturated heterocycles. The van der Waals surface area contributed by atoms with Crippen molar-refractivity contribution in [3.8, 4) is 0 Å². The lowest BCUT2D eigenvalue weighted by atomic mass is 10.1. The van der Waals surface area contributed by atoms with Crippen LogP contribution in [0.2, 0.25) is 0 Å². The van der Waals surface area contributed by atoms with E-state index in [-0.39, 0.29) is 16.8 Å². The molecule has 0 aliphatic rings. The van der Waals surface area contributed by atoms with Gasteiger partial charge < -0.3 is 9.64 Å². The Morgan fingerprint density at radius 3 is 2.58 bits per heavy atom. The zero-order valence-electron chi connectivity index (χ0n) is 10.7. The number of nitro groups is 1. The first kappa shape index (κ1) is 15.2. The van der Waals surface area contributed by atoms with Crippen LogP contribution in [0, 0.1) is 10.1 Å². The van der Waals surface area contributed by atoms with E-state index >= 15 is 0 Å². The molecule has 19 heavy (non-hydrogen) atoms. The van der Waals surface area contributed by atoms with Crippen LogP contribution >= 0.6 is 15.9 Å². The number of hydrogen-bond acceptors (Lipinski definition) is 5. The molecular weight excluding hydrogens is 316 g/mol. The molecule has 1 aromatic carbocycles. The highest BCUT2D eigenvalue weighted by Crippen LogP contribution is 2.30. The number of rotatable bonds is 4. The van der Waals surface area contributed by atoms with Crippen LogP contribution in [0.25, 0.3) is 6.08 Å². The highest BCUT2D eigenvalue weighted by molar-refractivity contribution is 9.10. The van der Waals surface area contributed by atoms with E-state index in [9.17, 15) is 14.9 Å². The fourth-order valence-electron chi connectivity index (χ4n) is 1.44. The number of carbonyl (C=O) groups excluding carboxylic acids is 1. The van der Waals surface area contributed by atoms with Gasteiger partial charge in [0, 0.05) is 24.6 Å². The van der Waals surface area contributed by atoms with E-state index in [1.54, 1.807) is 25.2 Å².